The summed E-state index contributed by atoms with van der Waals surface area (Å²) in [6.07, 6.45) is 2.24. The molecule has 8 nitrogen and oxygen atoms in total. The van der Waals surface area contributed by atoms with E-state index in [2.05, 4.69) is 48.5 Å². The van der Waals surface area contributed by atoms with Crippen LogP contribution < -0.4 is 16.0 Å². The van der Waals surface area contributed by atoms with Crippen LogP contribution in [-0.2, 0) is 9.59 Å². The predicted molar refractivity (Wildman–Crippen MR) is 170 cm³/mol. The largest absolute Gasteiger partial charge is 0.381 e. The van der Waals surface area contributed by atoms with Crippen molar-refractivity contribution in [1.29, 1.82) is 0 Å². The summed E-state index contributed by atoms with van der Waals surface area (Å²) in [5, 5.41) is 17.2. The maximum absolute atomic E-state index is 14.4. The number of halogens is 4. The van der Waals surface area contributed by atoms with E-state index in [1.54, 1.807) is 12.1 Å². The molecule has 2 fully saturated rings. The maximum Gasteiger partial charge on any atom is 0.211 e. The van der Waals surface area contributed by atoms with Crippen molar-refractivity contribution in [2.75, 3.05) is 64.4 Å². The average molecular weight is 645 g/mol. The fraction of sp³-hybridized carbons (Fsp3) is 0.548. The third-order valence-corrected chi connectivity index (χ3v) is 7.43. The predicted octanol–water partition coefficient (Wildman–Crippen LogP) is 5.05. The van der Waals surface area contributed by atoms with Crippen LogP contribution >= 0.6 is 23.2 Å². The second kappa shape index (κ2) is 18.5. The molecule has 2 heterocycles. The highest BCUT2D eigenvalue weighted by Gasteiger charge is 2.34. The molecule has 4 rings (SSSR count). The highest BCUT2D eigenvalue weighted by atomic mass is 35.5. The summed E-state index contributed by atoms with van der Waals surface area (Å²) in [5.74, 6) is -1.53. The molecule has 0 bridgehead atoms. The second-order valence-corrected chi connectivity index (χ2v) is 13.0. The van der Waals surface area contributed by atoms with Gasteiger partial charge in [-0.3, -0.25) is 14.5 Å². The number of benzene rings is 2. The average Bonchev–Trinajstić information content (AvgIpc) is 3.44. The van der Waals surface area contributed by atoms with E-state index in [0.717, 1.165) is 52.1 Å². The zero-order valence-electron chi connectivity index (χ0n) is 25.4. The molecule has 0 aromatic heterocycles. The van der Waals surface area contributed by atoms with Crippen molar-refractivity contribution >= 4 is 41.7 Å². The van der Waals surface area contributed by atoms with Gasteiger partial charge in [0.05, 0.1) is 16.8 Å². The summed E-state index contributed by atoms with van der Waals surface area (Å²) >= 11 is 11.7. The maximum atomic E-state index is 14.4. The van der Waals surface area contributed by atoms with Gasteiger partial charge in [-0.2, -0.15) is 0 Å². The Morgan fingerprint density at radius 3 is 2.14 bits per heavy atom. The standard InChI is InChI=1S/C17H14Cl2F2N2O.C9H19N3O2.C5H12/c18-13-3-1-2-9(17(13)21)11-6-22-7-12(11)10-4-15(20)14(19)5-16(10)23-8-24;13-8-10-2-1-3-11-4-6-12(9-14)7-5-11;1-5(2,3)4/h1-5,8,11-12,22H,6-7H2,(H,23,24);8,14H,1-7,9H2,(H,10,13);1-4H3/t11-,12+;;/m1../s1. The molecule has 0 radical (unpaired) electrons. The lowest BCUT2D eigenvalue weighted by molar-refractivity contribution is -0.109. The Morgan fingerprint density at radius 1 is 0.953 bits per heavy atom. The number of carbonyl (C=O) groups excluding carboxylic acids is 2. The molecule has 2 amide bonds. The lowest BCUT2D eigenvalue weighted by Gasteiger charge is -2.33. The number of nitrogens with zero attached hydrogens (tertiary/aromatic N) is 2. The normalized spacial score (nSPS) is 19.0. The Kier molecular flexibility index (Phi) is 15.8. The van der Waals surface area contributed by atoms with Gasteiger partial charge in [-0.25, -0.2) is 8.78 Å². The number of piperazine rings is 1. The van der Waals surface area contributed by atoms with Crippen molar-refractivity contribution < 1.29 is 23.5 Å². The van der Waals surface area contributed by atoms with Crippen LogP contribution in [0.15, 0.2) is 30.3 Å². The third kappa shape index (κ3) is 12.7. The minimum absolute atomic E-state index is 0.0478. The Morgan fingerprint density at radius 2 is 1.56 bits per heavy atom. The van der Waals surface area contributed by atoms with Crippen LogP contribution in [0.1, 0.15) is 57.1 Å². The molecule has 2 atom stereocenters. The van der Waals surface area contributed by atoms with Gasteiger partial charge >= 0.3 is 0 Å². The number of aliphatic hydroxyl groups is 1. The van der Waals surface area contributed by atoms with Gasteiger partial charge in [0, 0.05) is 63.3 Å². The summed E-state index contributed by atoms with van der Waals surface area (Å²) < 4.78 is 28.4. The molecule has 4 N–H and O–H groups in total. The van der Waals surface area contributed by atoms with Gasteiger partial charge < -0.3 is 26.0 Å². The molecule has 0 aliphatic carbocycles. The van der Waals surface area contributed by atoms with Gasteiger partial charge in [-0.1, -0.05) is 63.0 Å². The van der Waals surface area contributed by atoms with E-state index < -0.39 is 11.6 Å². The molecular formula is C31H45Cl2F2N5O3. The van der Waals surface area contributed by atoms with Gasteiger partial charge in [0.25, 0.3) is 0 Å². The van der Waals surface area contributed by atoms with Crippen molar-refractivity contribution in [2.45, 2.75) is 46.0 Å². The first-order chi connectivity index (χ1) is 20.4. The summed E-state index contributed by atoms with van der Waals surface area (Å²) in [5.41, 5.74) is 1.95. The number of hydrogen-bond donors (Lipinski definition) is 4. The molecule has 240 valence electrons. The van der Waals surface area contributed by atoms with Crippen LogP contribution in [0.4, 0.5) is 14.5 Å². The monoisotopic (exact) mass is 643 g/mol. The van der Waals surface area contributed by atoms with E-state index in [9.17, 15) is 18.4 Å². The van der Waals surface area contributed by atoms with Crippen molar-refractivity contribution in [3.8, 4) is 0 Å². The molecule has 12 heteroatoms. The van der Waals surface area contributed by atoms with Gasteiger partial charge in [0.15, 0.2) is 0 Å². The minimum Gasteiger partial charge on any atom is -0.381 e. The second-order valence-electron chi connectivity index (χ2n) is 12.2. The van der Waals surface area contributed by atoms with Crippen LogP contribution in [0.3, 0.4) is 0 Å². The fourth-order valence-electron chi connectivity index (χ4n) is 4.81. The lowest BCUT2D eigenvalue weighted by atomic mass is 9.83. The van der Waals surface area contributed by atoms with Gasteiger partial charge in [0.1, 0.15) is 11.6 Å². The van der Waals surface area contributed by atoms with Crippen molar-refractivity contribution in [1.82, 2.24) is 20.4 Å². The van der Waals surface area contributed by atoms with Gasteiger partial charge in [0.2, 0.25) is 12.8 Å². The van der Waals surface area contributed by atoms with Gasteiger partial charge in [-0.15, -0.1) is 0 Å². The van der Waals surface area contributed by atoms with E-state index in [4.69, 9.17) is 28.3 Å². The number of aliphatic hydroxyl groups excluding tert-OH is 1. The van der Waals surface area contributed by atoms with Crippen LogP contribution in [0, 0.1) is 17.0 Å². The van der Waals surface area contributed by atoms with E-state index >= 15 is 0 Å². The summed E-state index contributed by atoms with van der Waals surface area (Å²) in [4.78, 5) is 25.2. The first kappa shape index (κ1) is 36.8. The zero-order chi connectivity index (χ0) is 32.0. The Bertz CT molecular complexity index is 1150. The van der Waals surface area contributed by atoms with E-state index in [-0.39, 0.29) is 28.6 Å². The number of anilines is 1. The first-order valence-electron chi connectivity index (χ1n) is 14.5. The summed E-state index contributed by atoms with van der Waals surface area (Å²) in [7, 11) is 0. The number of amides is 2. The van der Waals surface area contributed by atoms with E-state index in [1.165, 1.54) is 18.2 Å². The van der Waals surface area contributed by atoms with Gasteiger partial charge in [-0.05, 0) is 47.7 Å². The minimum atomic E-state index is -0.583. The molecule has 2 aromatic carbocycles. The van der Waals surface area contributed by atoms with Crippen LogP contribution in [0.5, 0.6) is 0 Å². The Labute approximate surface area is 264 Å². The van der Waals surface area contributed by atoms with Crippen molar-refractivity contribution in [2.24, 2.45) is 5.41 Å². The SMILES string of the molecule is CC(C)(C)C.O=CNCCCN1CCN(CO)CC1.O=CNc1cc(Cl)c(F)cc1[C@@H]1CNC[C@@H]1c1cccc(Cl)c1F. The lowest BCUT2D eigenvalue weighted by Crippen LogP contribution is -2.47. The number of nitrogens with one attached hydrogen (secondary N) is 3. The first-order valence-corrected chi connectivity index (χ1v) is 15.2. The number of rotatable bonds is 10. The molecule has 43 heavy (non-hydrogen) atoms. The quantitative estimate of drug-likeness (QED) is 0.214. The molecule has 0 spiro atoms. The highest BCUT2D eigenvalue weighted by molar-refractivity contribution is 6.31. The van der Waals surface area contributed by atoms with Crippen LogP contribution in [-0.4, -0.2) is 86.8 Å². The molecule has 2 aliphatic heterocycles. The molecule has 0 unspecified atom stereocenters. The fourth-order valence-corrected chi connectivity index (χ4v) is 5.16. The zero-order valence-corrected chi connectivity index (χ0v) is 26.9. The Balaban J connectivity index is 0.000000287. The number of hydrogen-bond acceptors (Lipinski definition) is 6. The number of carbonyl (C=O) groups is 2. The topological polar surface area (TPSA) is 96.9 Å². The third-order valence-electron chi connectivity index (χ3n) is 6.85. The molecule has 0 saturated carbocycles. The smallest absolute Gasteiger partial charge is 0.211 e. The molecule has 2 aromatic rings. The summed E-state index contributed by atoms with van der Waals surface area (Å²) in [6.45, 7) is 15.7. The Hall–Kier alpha value is -2.34. The van der Waals surface area contributed by atoms with Crippen molar-refractivity contribution in [3.63, 3.8) is 0 Å². The van der Waals surface area contributed by atoms with E-state index in [1.807, 2.05) is 4.90 Å². The van der Waals surface area contributed by atoms with E-state index in [0.29, 0.717) is 41.7 Å². The summed E-state index contributed by atoms with van der Waals surface area (Å²) in [6, 6.07) is 7.50. The van der Waals surface area contributed by atoms with Crippen LogP contribution in [0.2, 0.25) is 10.0 Å². The molecule has 2 aliphatic rings. The highest BCUT2D eigenvalue weighted by Crippen LogP contribution is 2.42. The van der Waals surface area contributed by atoms with Crippen molar-refractivity contribution in [3.05, 3.63) is 63.1 Å². The van der Waals surface area contributed by atoms with Crippen LogP contribution in [0.25, 0.3) is 0 Å². The molecule has 2 saturated heterocycles. The molecular weight excluding hydrogens is 599 g/mol.